The minimum Gasteiger partial charge on any atom is -0.490 e. The van der Waals surface area contributed by atoms with Crippen molar-refractivity contribution in [1.29, 1.82) is 0 Å². The van der Waals surface area contributed by atoms with E-state index in [9.17, 15) is 0 Å². The van der Waals surface area contributed by atoms with Crippen LogP contribution in [0.3, 0.4) is 0 Å². The Morgan fingerprint density at radius 2 is 2.00 bits per heavy atom. The summed E-state index contributed by atoms with van der Waals surface area (Å²) in [5.74, 6) is 1.05. The molecule has 2 heteroatoms. The molecule has 1 aromatic carbocycles. The summed E-state index contributed by atoms with van der Waals surface area (Å²) in [6, 6.07) is 8.32. The average molecular weight is 235 g/mol. The van der Waals surface area contributed by atoms with Gasteiger partial charge in [-0.2, -0.15) is 0 Å². The van der Waals surface area contributed by atoms with Gasteiger partial charge in [-0.25, -0.2) is 0 Å². The zero-order valence-corrected chi connectivity index (χ0v) is 11.3. The molecular weight excluding hydrogens is 210 g/mol. The van der Waals surface area contributed by atoms with Gasteiger partial charge in [0.05, 0.1) is 6.10 Å². The highest BCUT2D eigenvalue weighted by atomic mass is 16.5. The first-order valence-electron chi connectivity index (χ1n) is 6.73. The molecular formula is C15H25NO. The van der Waals surface area contributed by atoms with Crippen LogP contribution in [0.4, 0.5) is 0 Å². The van der Waals surface area contributed by atoms with Crippen LogP contribution in [-0.4, -0.2) is 19.2 Å². The summed E-state index contributed by atoms with van der Waals surface area (Å²) in [6.45, 7) is 8.58. The molecule has 0 amide bonds. The van der Waals surface area contributed by atoms with Crippen LogP contribution in [-0.2, 0) is 6.42 Å². The molecule has 17 heavy (non-hydrogen) atoms. The second kappa shape index (κ2) is 8.13. The van der Waals surface area contributed by atoms with Gasteiger partial charge in [0.2, 0.25) is 0 Å². The number of benzene rings is 1. The van der Waals surface area contributed by atoms with Crippen molar-refractivity contribution in [3.63, 3.8) is 0 Å². The fourth-order valence-corrected chi connectivity index (χ4v) is 1.88. The normalized spacial score (nSPS) is 12.4. The highest BCUT2D eigenvalue weighted by Gasteiger charge is 2.06. The van der Waals surface area contributed by atoms with Gasteiger partial charge in [0.15, 0.2) is 0 Å². The lowest BCUT2D eigenvalue weighted by molar-refractivity contribution is 0.205. The summed E-state index contributed by atoms with van der Waals surface area (Å²) in [6.07, 6.45) is 3.59. The number of nitrogens with one attached hydrogen (secondary N) is 1. The summed E-state index contributed by atoms with van der Waals surface area (Å²) < 4.78 is 5.99. The van der Waals surface area contributed by atoms with Crippen LogP contribution < -0.4 is 10.1 Å². The van der Waals surface area contributed by atoms with Gasteiger partial charge in [-0.05, 0) is 50.9 Å². The van der Waals surface area contributed by atoms with E-state index in [2.05, 4.69) is 44.3 Å². The maximum absolute atomic E-state index is 5.99. The smallest absolute Gasteiger partial charge is 0.122 e. The molecule has 0 aliphatic rings. The first-order valence-corrected chi connectivity index (χ1v) is 6.73. The van der Waals surface area contributed by atoms with E-state index in [4.69, 9.17) is 4.74 Å². The van der Waals surface area contributed by atoms with Gasteiger partial charge >= 0.3 is 0 Å². The van der Waals surface area contributed by atoms with Gasteiger partial charge in [-0.1, -0.05) is 32.0 Å². The van der Waals surface area contributed by atoms with E-state index >= 15 is 0 Å². The van der Waals surface area contributed by atoms with Crippen LogP contribution in [0, 0.1) is 0 Å². The van der Waals surface area contributed by atoms with Crippen molar-refractivity contribution in [2.75, 3.05) is 13.1 Å². The van der Waals surface area contributed by atoms with E-state index in [-0.39, 0.29) is 0 Å². The third kappa shape index (κ3) is 5.22. The van der Waals surface area contributed by atoms with Gasteiger partial charge in [0, 0.05) is 0 Å². The monoisotopic (exact) mass is 235 g/mol. The lowest BCUT2D eigenvalue weighted by atomic mass is 10.1. The molecule has 1 rings (SSSR count). The quantitative estimate of drug-likeness (QED) is 0.697. The van der Waals surface area contributed by atoms with Gasteiger partial charge < -0.3 is 10.1 Å². The molecule has 0 aromatic heterocycles. The Hall–Kier alpha value is -1.02. The molecule has 2 nitrogen and oxygen atoms in total. The number of ether oxygens (including phenoxy) is 1. The van der Waals surface area contributed by atoms with Crippen molar-refractivity contribution in [2.45, 2.75) is 46.1 Å². The van der Waals surface area contributed by atoms with E-state index in [1.165, 1.54) is 12.0 Å². The number of para-hydroxylation sites is 1. The standard InChI is InChI=1S/C15H25NO/c1-4-14-10-6-7-11-15(14)17-13(3)9-8-12-16-5-2/h6-7,10-11,13,16H,4-5,8-9,12H2,1-3H3. The first-order chi connectivity index (χ1) is 8.27. The predicted molar refractivity (Wildman–Crippen MR) is 73.7 cm³/mol. The van der Waals surface area contributed by atoms with Crippen molar-refractivity contribution in [3.8, 4) is 5.75 Å². The zero-order valence-electron chi connectivity index (χ0n) is 11.3. The Labute approximate surface area is 105 Å². The van der Waals surface area contributed by atoms with Gasteiger partial charge in [0.1, 0.15) is 5.75 Å². The fraction of sp³-hybridized carbons (Fsp3) is 0.600. The molecule has 0 saturated heterocycles. The Balaban J connectivity index is 2.36. The first kappa shape index (κ1) is 14.0. The minimum atomic E-state index is 0.293. The second-order valence-electron chi connectivity index (χ2n) is 4.39. The van der Waals surface area contributed by atoms with E-state index in [1.54, 1.807) is 0 Å². The molecule has 1 atom stereocenters. The SMILES string of the molecule is CCNCCCC(C)Oc1ccccc1CC. The van der Waals surface area contributed by atoms with Crippen molar-refractivity contribution >= 4 is 0 Å². The number of aryl methyl sites for hydroxylation is 1. The van der Waals surface area contributed by atoms with Crippen LogP contribution in [0.25, 0.3) is 0 Å². The molecule has 0 bridgehead atoms. The van der Waals surface area contributed by atoms with E-state index in [0.717, 1.165) is 31.7 Å². The maximum atomic E-state index is 5.99. The van der Waals surface area contributed by atoms with Crippen LogP contribution in [0.2, 0.25) is 0 Å². The Morgan fingerprint density at radius 1 is 1.24 bits per heavy atom. The van der Waals surface area contributed by atoms with Gasteiger partial charge in [-0.15, -0.1) is 0 Å². The maximum Gasteiger partial charge on any atom is 0.122 e. The van der Waals surface area contributed by atoms with Crippen LogP contribution in [0.1, 0.15) is 39.2 Å². The molecule has 0 aliphatic carbocycles. The molecule has 0 fully saturated rings. The summed E-state index contributed by atoms with van der Waals surface area (Å²) in [5, 5.41) is 3.33. The molecule has 0 radical (unpaired) electrons. The lowest BCUT2D eigenvalue weighted by Crippen LogP contribution is -2.18. The summed E-state index contributed by atoms with van der Waals surface area (Å²) in [7, 11) is 0. The lowest BCUT2D eigenvalue weighted by Gasteiger charge is -2.17. The highest BCUT2D eigenvalue weighted by Crippen LogP contribution is 2.20. The van der Waals surface area contributed by atoms with E-state index in [1.807, 2.05) is 6.07 Å². The molecule has 96 valence electrons. The fourth-order valence-electron chi connectivity index (χ4n) is 1.88. The van der Waals surface area contributed by atoms with Gasteiger partial charge in [0.25, 0.3) is 0 Å². The van der Waals surface area contributed by atoms with Crippen LogP contribution >= 0.6 is 0 Å². The molecule has 0 saturated carbocycles. The van der Waals surface area contributed by atoms with Crippen LogP contribution in [0.5, 0.6) is 5.75 Å². The average Bonchev–Trinajstić information content (AvgIpc) is 2.35. The molecule has 0 spiro atoms. The predicted octanol–water partition coefficient (Wildman–Crippen LogP) is 3.41. The Kier molecular flexibility index (Phi) is 6.71. The van der Waals surface area contributed by atoms with Gasteiger partial charge in [-0.3, -0.25) is 0 Å². The summed E-state index contributed by atoms with van der Waals surface area (Å²) >= 11 is 0. The number of hydrogen-bond donors (Lipinski definition) is 1. The Bertz CT molecular complexity index is 312. The molecule has 1 N–H and O–H groups in total. The van der Waals surface area contributed by atoms with Crippen molar-refractivity contribution in [3.05, 3.63) is 29.8 Å². The third-order valence-corrected chi connectivity index (χ3v) is 2.90. The Morgan fingerprint density at radius 3 is 2.71 bits per heavy atom. The van der Waals surface area contributed by atoms with E-state index < -0.39 is 0 Å². The highest BCUT2D eigenvalue weighted by molar-refractivity contribution is 5.33. The molecule has 0 aliphatic heterocycles. The topological polar surface area (TPSA) is 21.3 Å². The largest absolute Gasteiger partial charge is 0.490 e. The van der Waals surface area contributed by atoms with Crippen molar-refractivity contribution < 1.29 is 4.74 Å². The van der Waals surface area contributed by atoms with Crippen molar-refractivity contribution in [1.82, 2.24) is 5.32 Å². The number of hydrogen-bond acceptors (Lipinski definition) is 2. The zero-order chi connectivity index (χ0) is 12.5. The van der Waals surface area contributed by atoms with E-state index in [0.29, 0.717) is 6.10 Å². The number of rotatable bonds is 8. The second-order valence-corrected chi connectivity index (χ2v) is 4.39. The molecule has 0 heterocycles. The van der Waals surface area contributed by atoms with Crippen LogP contribution in [0.15, 0.2) is 24.3 Å². The van der Waals surface area contributed by atoms with Crippen molar-refractivity contribution in [2.24, 2.45) is 0 Å². The summed E-state index contributed by atoms with van der Waals surface area (Å²) in [4.78, 5) is 0. The minimum absolute atomic E-state index is 0.293. The summed E-state index contributed by atoms with van der Waals surface area (Å²) in [5.41, 5.74) is 1.30. The third-order valence-electron chi connectivity index (χ3n) is 2.90. The molecule has 1 unspecified atom stereocenters. The molecule has 1 aromatic rings.